The summed E-state index contributed by atoms with van der Waals surface area (Å²) in [5, 5.41) is 12.8. The van der Waals surface area contributed by atoms with Gasteiger partial charge in [0.1, 0.15) is 12.1 Å². The van der Waals surface area contributed by atoms with Gasteiger partial charge in [0.15, 0.2) is 0 Å². The molecule has 0 radical (unpaired) electrons. The van der Waals surface area contributed by atoms with Crippen molar-refractivity contribution in [3.05, 3.63) is 35.9 Å². The van der Waals surface area contributed by atoms with Gasteiger partial charge in [-0.1, -0.05) is 30.3 Å². The zero-order chi connectivity index (χ0) is 22.4. The van der Waals surface area contributed by atoms with Gasteiger partial charge in [-0.15, -0.1) is 0 Å². The van der Waals surface area contributed by atoms with Gasteiger partial charge in [-0.25, -0.2) is 4.79 Å². The number of esters is 1. The van der Waals surface area contributed by atoms with Gasteiger partial charge < -0.3 is 19.5 Å². The number of benzene rings is 1. The quantitative estimate of drug-likeness (QED) is 0.573. The van der Waals surface area contributed by atoms with Gasteiger partial charge in [0, 0.05) is 13.0 Å². The summed E-state index contributed by atoms with van der Waals surface area (Å²) in [5.41, 5.74) is 0.523. The maximum Gasteiger partial charge on any atom is 0.326 e. The van der Waals surface area contributed by atoms with E-state index in [0.717, 1.165) is 18.4 Å². The Morgan fingerprint density at radius 3 is 2.68 bits per heavy atom. The van der Waals surface area contributed by atoms with Crippen molar-refractivity contribution in [2.75, 3.05) is 19.8 Å². The Morgan fingerprint density at radius 1 is 1.32 bits per heavy atom. The Balaban J connectivity index is 1.67. The number of likely N-dealkylation sites (tertiary alicyclic amines) is 1. The highest BCUT2D eigenvalue weighted by Crippen LogP contribution is 2.38. The first-order valence-corrected chi connectivity index (χ1v) is 11.0. The number of amides is 1. The number of nitrogens with zero attached hydrogens (tertiary/aromatic N) is 1. The van der Waals surface area contributed by atoms with E-state index in [1.807, 2.05) is 30.3 Å². The minimum absolute atomic E-state index is 0.248. The summed E-state index contributed by atoms with van der Waals surface area (Å²) >= 11 is 0. The first-order chi connectivity index (χ1) is 14.8. The summed E-state index contributed by atoms with van der Waals surface area (Å²) in [6, 6.07) is 7.47. The molecule has 4 atom stereocenters. The minimum atomic E-state index is -1.03. The van der Waals surface area contributed by atoms with Crippen LogP contribution in [0.5, 0.6) is 0 Å². The van der Waals surface area contributed by atoms with E-state index < -0.39 is 35.7 Å². The summed E-state index contributed by atoms with van der Waals surface area (Å²) in [4.78, 5) is 38.9. The number of hydrogen-bond acceptors (Lipinski definition) is 6. The van der Waals surface area contributed by atoms with E-state index in [-0.39, 0.29) is 19.1 Å². The van der Waals surface area contributed by atoms with Gasteiger partial charge in [0.2, 0.25) is 5.91 Å². The monoisotopic (exact) mass is 432 g/mol. The SMILES string of the molecule is CCOC(=O)C(CCc1ccccc1)N[C@@H](C)C(=O)N1CC2(CCCO2)C[C@H]1C(=O)O. The number of carbonyl (C=O) groups excluding carboxylic acids is 2. The number of hydrogen-bond donors (Lipinski definition) is 2. The van der Waals surface area contributed by atoms with Gasteiger partial charge in [0.05, 0.1) is 24.8 Å². The Labute approximate surface area is 182 Å². The van der Waals surface area contributed by atoms with E-state index in [1.165, 1.54) is 4.90 Å². The summed E-state index contributed by atoms with van der Waals surface area (Å²) in [7, 11) is 0. The van der Waals surface area contributed by atoms with Crippen molar-refractivity contribution in [2.45, 2.75) is 69.7 Å². The van der Waals surface area contributed by atoms with Gasteiger partial charge in [0.25, 0.3) is 0 Å². The van der Waals surface area contributed by atoms with Gasteiger partial charge in [-0.05, 0) is 45.1 Å². The molecule has 31 heavy (non-hydrogen) atoms. The largest absolute Gasteiger partial charge is 0.480 e. The van der Waals surface area contributed by atoms with Gasteiger partial charge in [-0.3, -0.25) is 14.9 Å². The zero-order valence-corrected chi connectivity index (χ0v) is 18.2. The van der Waals surface area contributed by atoms with E-state index in [9.17, 15) is 19.5 Å². The molecule has 2 unspecified atom stereocenters. The van der Waals surface area contributed by atoms with Crippen LogP contribution in [-0.4, -0.2) is 71.3 Å². The average Bonchev–Trinajstić information content (AvgIpc) is 3.38. The Morgan fingerprint density at radius 2 is 2.06 bits per heavy atom. The number of rotatable bonds is 9. The number of carboxylic acid groups (broad SMARTS) is 1. The van der Waals surface area contributed by atoms with Crippen molar-refractivity contribution in [1.29, 1.82) is 0 Å². The molecule has 2 aliphatic heterocycles. The molecule has 0 saturated carbocycles. The average molecular weight is 433 g/mol. The summed E-state index contributed by atoms with van der Waals surface area (Å²) in [5.74, 6) is -1.78. The molecule has 1 spiro atoms. The smallest absolute Gasteiger partial charge is 0.326 e. The molecule has 170 valence electrons. The molecule has 8 nitrogen and oxygen atoms in total. The van der Waals surface area contributed by atoms with Crippen molar-refractivity contribution in [3.8, 4) is 0 Å². The van der Waals surface area contributed by atoms with E-state index in [2.05, 4.69) is 5.32 Å². The van der Waals surface area contributed by atoms with Crippen molar-refractivity contribution in [1.82, 2.24) is 10.2 Å². The first kappa shape index (κ1) is 23.2. The molecule has 1 aromatic rings. The van der Waals surface area contributed by atoms with Crippen LogP contribution in [0.25, 0.3) is 0 Å². The molecule has 0 aromatic heterocycles. The first-order valence-electron chi connectivity index (χ1n) is 11.0. The highest BCUT2D eigenvalue weighted by Gasteiger charge is 2.51. The third-order valence-electron chi connectivity index (χ3n) is 6.11. The van der Waals surface area contributed by atoms with Gasteiger partial charge in [-0.2, -0.15) is 0 Å². The van der Waals surface area contributed by atoms with Crippen LogP contribution in [0.4, 0.5) is 0 Å². The maximum absolute atomic E-state index is 13.2. The number of ether oxygens (including phenoxy) is 2. The zero-order valence-electron chi connectivity index (χ0n) is 18.2. The van der Waals surface area contributed by atoms with Gasteiger partial charge >= 0.3 is 11.9 Å². The molecule has 3 rings (SSSR count). The lowest BCUT2D eigenvalue weighted by Crippen LogP contribution is -2.53. The topological polar surface area (TPSA) is 105 Å². The highest BCUT2D eigenvalue weighted by atomic mass is 16.5. The standard InChI is InChI=1S/C23H32N2O6/c1-3-30-22(29)18(11-10-17-8-5-4-6-9-17)24-16(2)20(26)25-15-23(12-7-13-31-23)14-19(25)21(27)28/h4-6,8-9,16,18-19,24H,3,7,10-15H2,1-2H3,(H,27,28)/t16-,18?,19-,23?/m0/s1. The molecular weight excluding hydrogens is 400 g/mol. The predicted octanol–water partition coefficient (Wildman–Crippen LogP) is 1.76. The minimum Gasteiger partial charge on any atom is -0.480 e. The maximum atomic E-state index is 13.2. The Hall–Kier alpha value is -2.45. The summed E-state index contributed by atoms with van der Waals surface area (Å²) in [6.07, 6.45) is 3.04. The molecule has 1 aromatic carbocycles. The fourth-order valence-electron chi connectivity index (χ4n) is 4.53. The third-order valence-corrected chi connectivity index (χ3v) is 6.11. The molecule has 2 N–H and O–H groups in total. The number of nitrogens with one attached hydrogen (secondary N) is 1. The van der Waals surface area contributed by atoms with Crippen LogP contribution >= 0.6 is 0 Å². The lowest BCUT2D eigenvalue weighted by molar-refractivity contribution is -0.150. The van der Waals surface area contributed by atoms with E-state index in [4.69, 9.17) is 9.47 Å². The molecular formula is C23H32N2O6. The number of carbonyl (C=O) groups is 3. The van der Waals surface area contributed by atoms with E-state index in [0.29, 0.717) is 25.9 Å². The number of carboxylic acids is 1. The van der Waals surface area contributed by atoms with Crippen LogP contribution in [0.15, 0.2) is 30.3 Å². The Kier molecular flexibility index (Phi) is 7.67. The van der Waals surface area contributed by atoms with Crippen molar-refractivity contribution in [2.24, 2.45) is 0 Å². The third kappa shape index (κ3) is 5.62. The molecule has 2 heterocycles. The highest BCUT2D eigenvalue weighted by molar-refractivity contribution is 5.88. The van der Waals surface area contributed by atoms with Crippen LogP contribution in [0.1, 0.15) is 45.1 Å². The molecule has 2 saturated heterocycles. The number of aliphatic carboxylic acids is 1. The molecule has 1 amide bonds. The van der Waals surface area contributed by atoms with Crippen molar-refractivity contribution >= 4 is 17.8 Å². The van der Waals surface area contributed by atoms with Crippen LogP contribution in [0.3, 0.4) is 0 Å². The summed E-state index contributed by atoms with van der Waals surface area (Å²) in [6.45, 7) is 4.51. The van der Waals surface area contributed by atoms with Crippen molar-refractivity contribution in [3.63, 3.8) is 0 Å². The van der Waals surface area contributed by atoms with Crippen LogP contribution < -0.4 is 5.32 Å². The fourth-order valence-corrected chi connectivity index (χ4v) is 4.53. The second-order valence-electron chi connectivity index (χ2n) is 8.38. The van der Waals surface area contributed by atoms with E-state index >= 15 is 0 Å². The second kappa shape index (κ2) is 10.2. The van der Waals surface area contributed by atoms with Crippen LogP contribution in [-0.2, 0) is 30.3 Å². The summed E-state index contributed by atoms with van der Waals surface area (Å²) < 4.78 is 11.0. The molecule has 0 bridgehead atoms. The van der Waals surface area contributed by atoms with Crippen molar-refractivity contribution < 1.29 is 29.0 Å². The lowest BCUT2D eigenvalue weighted by Gasteiger charge is -2.28. The predicted molar refractivity (Wildman–Crippen MR) is 113 cm³/mol. The van der Waals surface area contributed by atoms with Crippen LogP contribution in [0, 0.1) is 0 Å². The van der Waals surface area contributed by atoms with Crippen LogP contribution in [0.2, 0.25) is 0 Å². The molecule has 0 aliphatic carbocycles. The fraction of sp³-hybridized carbons (Fsp3) is 0.609. The van der Waals surface area contributed by atoms with E-state index in [1.54, 1.807) is 13.8 Å². The molecule has 2 aliphatic rings. The Bertz CT molecular complexity index is 778. The number of aryl methyl sites for hydroxylation is 1. The second-order valence-corrected chi connectivity index (χ2v) is 8.38. The normalized spacial score (nSPS) is 24.8. The molecule has 2 fully saturated rings. The molecule has 8 heteroatoms. The lowest BCUT2D eigenvalue weighted by atomic mass is 9.97.